The fraction of sp³-hybridized carbons (Fsp3) is 0.316. The van der Waals surface area contributed by atoms with Crippen molar-refractivity contribution in [1.82, 2.24) is 0 Å². The lowest BCUT2D eigenvalue weighted by molar-refractivity contribution is -0.142. The molecule has 0 aliphatic carbocycles. The molecular formula is C19H20N2O5. The number of hydrogen-bond acceptors (Lipinski definition) is 5. The van der Waals surface area contributed by atoms with Crippen molar-refractivity contribution in [1.29, 1.82) is 0 Å². The molecule has 26 heavy (non-hydrogen) atoms. The summed E-state index contributed by atoms with van der Waals surface area (Å²) >= 11 is 0. The number of aryl methyl sites for hydroxylation is 2. The molecule has 1 aromatic heterocycles. The van der Waals surface area contributed by atoms with E-state index in [-0.39, 0.29) is 31.4 Å². The molecule has 0 spiro atoms. The highest BCUT2D eigenvalue weighted by atomic mass is 16.5. The Bertz CT molecular complexity index is 857. The molecule has 0 saturated heterocycles. The third kappa shape index (κ3) is 3.20. The summed E-state index contributed by atoms with van der Waals surface area (Å²) in [6, 6.07) is 6.82. The molecule has 1 aliphatic rings. The number of carbonyl (C=O) groups excluding carboxylic acids is 3. The van der Waals surface area contributed by atoms with Gasteiger partial charge in [-0.15, -0.1) is 0 Å². The van der Waals surface area contributed by atoms with E-state index in [0.717, 1.165) is 11.1 Å². The summed E-state index contributed by atoms with van der Waals surface area (Å²) in [5.74, 6) is -1.09. The largest absolute Gasteiger partial charge is 0.465 e. The van der Waals surface area contributed by atoms with Crippen LogP contribution in [0.3, 0.4) is 0 Å². The van der Waals surface area contributed by atoms with Crippen molar-refractivity contribution in [3.8, 4) is 0 Å². The summed E-state index contributed by atoms with van der Waals surface area (Å²) < 4.78 is 10.2. The zero-order valence-corrected chi connectivity index (χ0v) is 14.9. The molecule has 0 N–H and O–H groups in total. The molecule has 2 amide bonds. The van der Waals surface area contributed by atoms with Crippen molar-refractivity contribution in [3.05, 3.63) is 47.4 Å². The number of furan rings is 1. The summed E-state index contributed by atoms with van der Waals surface area (Å²) in [5.41, 5.74) is 3.01. The molecule has 0 atom stereocenters. The van der Waals surface area contributed by atoms with E-state index in [4.69, 9.17) is 9.15 Å². The highest BCUT2D eigenvalue weighted by Gasteiger charge is 2.35. The maximum Gasteiger partial charge on any atom is 0.326 e. The molecule has 2 aromatic rings. The lowest BCUT2D eigenvalue weighted by atomic mass is 10.0. The normalized spacial score (nSPS) is 13.6. The smallest absolute Gasteiger partial charge is 0.326 e. The molecule has 3 rings (SSSR count). The van der Waals surface area contributed by atoms with Gasteiger partial charge in [0.15, 0.2) is 5.76 Å². The molecule has 136 valence electrons. The van der Waals surface area contributed by atoms with Crippen LogP contribution in [-0.2, 0) is 14.3 Å². The predicted octanol–water partition coefficient (Wildman–Crippen LogP) is 2.45. The SMILES string of the molecule is CCOC(=O)CN1C(=O)CN(C(=O)c2ccco2)c2cc(C)c(C)cc21. The van der Waals surface area contributed by atoms with Crippen molar-refractivity contribution < 1.29 is 23.5 Å². The summed E-state index contributed by atoms with van der Waals surface area (Å²) in [7, 11) is 0. The quantitative estimate of drug-likeness (QED) is 0.786. The van der Waals surface area contributed by atoms with E-state index in [0.29, 0.717) is 11.4 Å². The molecule has 1 aromatic carbocycles. The van der Waals surface area contributed by atoms with E-state index in [1.54, 1.807) is 19.1 Å². The van der Waals surface area contributed by atoms with E-state index >= 15 is 0 Å². The number of amides is 2. The van der Waals surface area contributed by atoms with Crippen LogP contribution in [0.1, 0.15) is 28.6 Å². The Hall–Kier alpha value is -3.09. The zero-order valence-electron chi connectivity index (χ0n) is 14.9. The van der Waals surface area contributed by atoms with Gasteiger partial charge in [0.05, 0.1) is 24.2 Å². The molecule has 0 radical (unpaired) electrons. The first-order chi connectivity index (χ1) is 12.4. The van der Waals surface area contributed by atoms with Gasteiger partial charge in [0.25, 0.3) is 5.91 Å². The zero-order chi connectivity index (χ0) is 18.8. The Morgan fingerprint density at radius 2 is 1.88 bits per heavy atom. The van der Waals surface area contributed by atoms with Gasteiger partial charge in [-0.3, -0.25) is 24.2 Å². The third-order valence-corrected chi connectivity index (χ3v) is 4.34. The van der Waals surface area contributed by atoms with Gasteiger partial charge in [0, 0.05) is 0 Å². The number of fused-ring (bicyclic) bond motifs is 1. The molecule has 7 heteroatoms. The van der Waals surface area contributed by atoms with Crippen LogP contribution >= 0.6 is 0 Å². The summed E-state index contributed by atoms with van der Waals surface area (Å²) in [6.07, 6.45) is 1.41. The number of rotatable bonds is 4. The first-order valence-corrected chi connectivity index (χ1v) is 8.35. The Morgan fingerprint density at radius 3 is 2.50 bits per heavy atom. The Morgan fingerprint density at radius 1 is 1.19 bits per heavy atom. The van der Waals surface area contributed by atoms with Gasteiger partial charge in [-0.25, -0.2) is 0 Å². The van der Waals surface area contributed by atoms with Crippen molar-refractivity contribution in [2.75, 3.05) is 29.5 Å². The fourth-order valence-corrected chi connectivity index (χ4v) is 2.88. The van der Waals surface area contributed by atoms with Gasteiger partial charge < -0.3 is 9.15 Å². The standard InChI is InChI=1S/C19H20N2O5/c1-4-25-18(23)11-20-14-8-12(2)13(3)9-15(14)21(10-17(20)22)19(24)16-6-5-7-26-16/h5-9H,4,10-11H2,1-3H3. The Kier molecular flexibility index (Phi) is 4.79. The van der Waals surface area contributed by atoms with Gasteiger partial charge in [0.2, 0.25) is 5.91 Å². The molecule has 7 nitrogen and oxygen atoms in total. The Labute approximate surface area is 151 Å². The van der Waals surface area contributed by atoms with Crippen LogP contribution in [0.2, 0.25) is 0 Å². The summed E-state index contributed by atoms with van der Waals surface area (Å²) in [5, 5.41) is 0. The van der Waals surface area contributed by atoms with Crippen molar-refractivity contribution >= 4 is 29.2 Å². The molecule has 2 heterocycles. The van der Waals surface area contributed by atoms with E-state index in [2.05, 4.69) is 0 Å². The second-order valence-electron chi connectivity index (χ2n) is 6.08. The van der Waals surface area contributed by atoms with Gasteiger partial charge in [-0.1, -0.05) is 0 Å². The number of benzene rings is 1. The summed E-state index contributed by atoms with van der Waals surface area (Å²) in [4.78, 5) is 40.1. The second-order valence-corrected chi connectivity index (χ2v) is 6.08. The maximum atomic E-state index is 12.8. The first-order valence-electron chi connectivity index (χ1n) is 8.35. The number of anilines is 2. The van der Waals surface area contributed by atoms with Crippen LogP contribution in [0.4, 0.5) is 11.4 Å². The number of nitrogens with zero attached hydrogens (tertiary/aromatic N) is 2. The van der Waals surface area contributed by atoms with Crippen molar-refractivity contribution in [3.63, 3.8) is 0 Å². The van der Waals surface area contributed by atoms with Crippen molar-refractivity contribution in [2.24, 2.45) is 0 Å². The van der Waals surface area contributed by atoms with Crippen LogP contribution in [0.25, 0.3) is 0 Å². The number of ether oxygens (including phenoxy) is 1. The first kappa shape index (κ1) is 17.7. The van der Waals surface area contributed by atoms with Crippen LogP contribution in [0.5, 0.6) is 0 Å². The number of esters is 1. The second kappa shape index (κ2) is 7.03. The van der Waals surface area contributed by atoms with E-state index in [1.165, 1.54) is 16.1 Å². The highest BCUT2D eigenvalue weighted by molar-refractivity contribution is 6.16. The van der Waals surface area contributed by atoms with E-state index < -0.39 is 11.9 Å². The predicted molar refractivity (Wildman–Crippen MR) is 95.3 cm³/mol. The lowest BCUT2D eigenvalue weighted by Gasteiger charge is -2.36. The van der Waals surface area contributed by atoms with Crippen LogP contribution in [0.15, 0.2) is 34.9 Å². The highest BCUT2D eigenvalue weighted by Crippen LogP contribution is 2.36. The molecular weight excluding hydrogens is 336 g/mol. The average Bonchev–Trinajstić information content (AvgIpc) is 3.13. The van der Waals surface area contributed by atoms with E-state index in [1.807, 2.05) is 26.0 Å². The third-order valence-electron chi connectivity index (χ3n) is 4.34. The molecule has 1 aliphatic heterocycles. The van der Waals surface area contributed by atoms with Gasteiger partial charge in [-0.2, -0.15) is 0 Å². The monoisotopic (exact) mass is 356 g/mol. The molecule has 0 bridgehead atoms. The van der Waals surface area contributed by atoms with Gasteiger partial charge >= 0.3 is 5.97 Å². The van der Waals surface area contributed by atoms with E-state index in [9.17, 15) is 14.4 Å². The van der Waals surface area contributed by atoms with Gasteiger partial charge in [0.1, 0.15) is 13.1 Å². The van der Waals surface area contributed by atoms with Crippen molar-refractivity contribution in [2.45, 2.75) is 20.8 Å². The topological polar surface area (TPSA) is 80.1 Å². The van der Waals surface area contributed by atoms with Crippen LogP contribution in [-0.4, -0.2) is 37.5 Å². The molecule has 0 saturated carbocycles. The van der Waals surface area contributed by atoms with Crippen LogP contribution < -0.4 is 9.80 Å². The maximum absolute atomic E-state index is 12.8. The minimum atomic E-state index is -0.490. The fourth-order valence-electron chi connectivity index (χ4n) is 2.88. The number of hydrogen-bond donors (Lipinski definition) is 0. The Balaban J connectivity index is 2.04. The summed E-state index contributed by atoms with van der Waals surface area (Å²) in [6.45, 7) is 5.43. The average molecular weight is 356 g/mol. The van der Waals surface area contributed by atoms with Crippen LogP contribution in [0, 0.1) is 13.8 Å². The molecule has 0 unspecified atom stereocenters. The van der Waals surface area contributed by atoms with Gasteiger partial charge in [-0.05, 0) is 56.2 Å². The minimum Gasteiger partial charge on any atom is -0.465 e. The lowest BCUT2D eigenvalue weighted by Crippen LogP contribution is -2.50. The molecule has 0 fully saturated rings. The minimum absolute atomic E-state index is 0.154. The number of carbonyl (C=O) groups is 3.